The lowest BCUT2D eigenvalue weighted by molar-refractivity contribution is 0.0238. The van der Waals surface area contributed by atoms with Gasteiger partial charge in [0.25, 0.3) is 0 Å². The van der Waals surface area contributed by atoms with Gasteiger partial charge in [-0.1, -0.05) is 17.7 Å². The van der Waals surface area contributed by atoms with Gasteiger partial charge in [-0.3, -0.25) is 4.98 Å². The summed E-state index contributed by atoms with van der Waals surface area (Å²) in [6.45, 7) is 3.13. The molecule has 0 spiro atoms. The van der Waals surface area contributed by atoms with Gasteiger partial charge in [0.1, 0.15) is 11.5 Å². The Morgan fingerprint density at radius 1 is 1.11 bits per heavy atom. The number of thioether (sulfide) groups is 1. The van der Waals surface area contributed by atoms with Crippen LogP contribution in [0.4, 0.5) is 0 Å². The fourth-order valence-electron chi connectivity index (χ4n) is 5.13. The normalized spacial score (nSPS) is 16.6. The maximum atomic E-state index is 11.2. The number of benzene rings is 2. The zero-order chi connectivity index (χ0) is 26.3. The third-order valence-corrected chi connectivity index (χ3v) is 8.91. The summed E-state index contributed by atoms with van der Waals surface area (Å²) in [5.41, 5.74) is 1.29. The highest BCUT2D eigenvalue weighted by Gasteiger charge is 2.34. The number of aliphatic hydroxyl groups excluding tert-OH is 2. The molecule has 2 aromatic carbocycles. The van der Waals surface area contributed by atoms with E-state index in [1.54, 1.807) is 20.4 Å². The number of aromatic nitrogens is 1. The second-order valence-corrected chi connectivity index (χ2v) is 11.4. The molecule has 0 amide bonds. The summed E-state index contributed by atoms with van der Waals surface area (Å²) in [7, 11) is 3.31. The smallest absolute Gasteiger partial charge is 0.119 e. The molecule has 1 fully saturated rings. The van der Waals surface area contributed by atoms with Crippen molar-refractivity contribution in [1.82, 2.24) is 9.88 Å². The van der Waals surface area contributed by atoms with E-state index in [-0.39, 0.29) is 12.0 Å². The molecule has 1 aromatic heterocycles. The van der Waals surface area contributed by atoms with E-state index >= 15 is 0 Å². The van der Waals surface area contributed by atoms with E-state index in [0.717, 1.165) is 67.7 Å². The van der Waals surface area contributed by atoms with Crippen molar-refractivity contribution in [2.75, 3.05) is 46.2 Å². The molecule has 1 atom stereocenters. The molecule has 1 aliphatic rings. The Morgan fingerprint density at radius 2 is 1.86 bits per heavy atom. The van der Waals surface area contributed by atoms with Gasteiger partial charge >= 0.3 is 0 Å². The lowest BCUT2D eigenvalue weighted by atomic mass is 9.74. The van der Waals surface area contributed by atoms with Gasteiger partial charge in [-0.25, -0.2) is 0 Å². The van der Waals surface area contributed by atoms with Gasteiger partial charge in [0, 0.05) is 28.6 Å². The van der Waals surface area contributed by atoms with Gasteiger partial charge in [0.2, 0.25) is 0 Å². The Bertz CT molecular complexity index is 1170. The number of nitrogens with zero attached hydrogens (tertiary/aromatic N) is 2. The molecular weight excluding hydrogens is 508 g/mol. The van der Waals surface area contributed by atoms with Crippen LogP contribution in [0.1, 0.15) is 43.8 Å². The van der Waals surface area contributed by atoms with E-state index in [1.165, 1.54) is 4.90 Å². The van der Waals surface area contributed by atoms with Crippen LogP contribution in [0.15, 0.2) is 53.6 Å². The molecule has 3 aromatic rings. The SMILES string of the molecule is COc1cccc(SCCCN2CCC(CO)(CC[C@H](O)c3c(Cl)cnc4ccc(OC)cc34)CC2)c1. The topological polar surface area (TPSA) is 75.1 Å². The van der Waals surface area contributed by atoms with E-state index in [9.17, 15) is 10.2 Å². The first kappa shape index (κ1) is 28.0. The summed E-state index contributed by atoms with van der Waals surface area (Å²) >= 11 is 8.35. The highest BCUT2D eigenvalue weighted by atomic mass is 35.5. The number of methoxy groups -OCH3 is 2. The second-order valence-electron chi connectivity index (χ2n) is 9.84. The summed E-state index contributed by atoms with van der Waals surface area (Å²) in [5, 5.41) is 22.7. The molecule has 8 heteroatoms. The van der Waals surface area contributed by atoms with Crippen molar-refractivity contribution in [3.63, 3.8) is 0 Å². The van der Waals surface area contributed by atoms with Crippen molar-refractivity contribution in [3.05, 3.63) is 59.2 Å². The molecule has 6 nitrogen and oxygen atoms in total. The fourth-order valence-corrected chi connectivity index (χ4v) is 6.29. The van der Waals surface area contributed by atoms with Gasteiger partial charge in [-0.05, 0) is 99.3 Å². The number of ether oxygens (including phenoxy) is 2. The first-order valence-electron chi connectivity index (χ1n) is 12.9. The number of aliphatic hydroxyl groups is 2. The van der Waals surface area contributed by atoms with Crippen LogP contribution >= 0.6 is 23.4 Å². The van der Waals surface area contributed by atoms with E-state index < -0.39 is 6.10 Å². The van der Waals surface area contributed by atoms with Crippen LogP contribution in [0.3, 0.4) is 0 Å². The summed E-state index contributed by atoms with van der Waals surface area (Å²) in [4.78, 5) is 8.12. The van der Waals surface area contributed by atoms with Gasteiger partial charge < -0.3 is 24.6 Å². The average molecular weight is 545 g/mol. The Kier molecular flexibility index (Phi) is 9.96. The van der Waals surface area contributed by atoms with Crippen LogP contribution in [-0.2, 0) is 0 Å². The van der Waals surface area contributed by atoms with Crippen LogP contribution in [0.5, 0.6) is 11.5 Å². The molecule has 37 heavy (non-hydrogen) atoms. The van der Waals surface area contributed by atoms with Crippen molar-refractivity contribution < 1.29 is 19.7 Å². The third-order valence-electron chi connectivity index (χ3n) is 7.53. The zero-order valence-corrected chi connectivity index (χ0v) is 23.2. The Hall–Kier alpha value is -2.03. The molecule has 1 saturated heterocycles. The van der Waals surface area contributed by atoms with Crippen molar-refractivity contribution in [1.29, 1.82) is 0 Å². The van der Waals surface area contributed by atoms with Crippen LogP contribution in [0.2, 0.25) is 5.02 Å². The molecule has 0 unspecified atom stereocenters. The number of hydrogen-bond donors (Lipinski definition) is 2. The zero-order valence-electron chi connectivity index (χ0n) is 21.7. The van der Waals surface area contributed by atoms with Crippen LogP contribution in [0.25, 0.3) is 10.9 Å². The molecule has 1 aliphatic heterocycles. The fraction of sp³-hybridized carbons (Fsp3) is 0.483. The van der Waals surface area contributed by atoms with Gasteiger partial charge in [0.15, 0.2) is 0 Å². The molecule has 0 radical (unpaired) electrons. The lowest BCUT2D eigenvalue weighted by Gasteiger charge is -2.41. The summed E-state index contributed by atoms with van der Waals surface area (Å²) in [5.74, 6) is 2.66. The van der Waals surface area contributed by atoms with E-state index in [1.807, 2.05) is 42.1 Å². The van der Waals surface area contributed by atoms with Crippen molar-refractivity contribution in [2.24, 2.45) is 5.41 Å². The second kappa shape index (κ2) is 13.2. The Labute approximate surface area is 228 Å². The number of piperidine rings is 1. The third kappa shape index (κ3) is 7.09. The average Bonchev–Trinajstić information content (AvgIpc) is 2.94. The van der Waals surface area contributed by atoms with Gasteiger partial charge in [0.05, 0.1) is 30.9 Å². The minimum absolute atomic E-state index is 0.137. The Morgan fingerprint density at radius 3 is 2.59 bits per heavy atom. The quantitative estimate of drug-likeness (QED) is 0.215. The van der Waals surface area contributed by atoms with Gasteiger partial charge in [-0.15, -0.1) is 11.8 Å². The minimum atomic E-state index is -0.736. The molecular formula is C29H37ClN2O4S. The van der Waals surface area contributed by atoms with Crippen LogP contribution in [0, 0.1) is 5.41 Å². The van der Waals surface area contributed by atoms with Crippen LogP contribution < -0.4 is 9.47 Å². The summed E-state index contributed by atoms with van der Waals surface area (Å²) in [6.07, 6.45) is 5.11. The molecule has 200 valence electrons. The largest absolute Gasteiger partial charge is 0.497 e. The molecule has 0 saturated carbocycles. The summed E-state index contributed by atoms with van der Waals surface area (Å²) < 4.78 is 10.7. The molecule has 0 bridgehead atoms. The number of hydrogen-bond acceptors (Lipinski definition) is 7. The first-order valence-corrected chi connectivity index (χ1v) is 14.2. The lowest BCUT2D eigenvalue weighted by Crippen LogP contribution is -2.42. The number of fused-ring (bicyclic) bond motifs is 1. The van der Waals surface area contributed by atoms with E-state index in [4.69, 9.17) is 21.1 Å². The number of pyridine rings is 1. The maximum absolute atomic E-state index is 11.2. The molecule has 2 N–H and O–H groups in total. The Balaban J connectivity index is 1.28. The molecule has 0 aliphatic carbocycles. The molecule has 2 heterocycles. The standard InChI is InChI=1S/C29H37ClN2O4S/c1-35-21-5-3-6-23(17-21)37-16-4-13-32-14-11-29(20-33,12-15-32)10-9-27(34)28-24-18-22(36-2)7-8-26(24)31-19-25(28)30/h3,5-8,17-19,27,33-34H,4,9-16,20H2,1-2H3/t27-/m0/s1. The first-order chi connectivity index (χ1) is 18.0. The number of likely N-dealkylation sites (tertiary alicyclic amines) is 1. The van der Waals surface area contributed by atoms with Gasteiger partial charge in [-0.2, -0.15) is 0 Å². The maximum Gasteiger partial charge on any atom is 0.119 e. The van der Waals surface area contributed by atoms with E-state index in [0.29, 0.717) is 22.8 Å². The highest BCUT2D eigenvalue weighted by Crippen LogP contribution is 2.40. The van der Waals surface area contributed by atoms with Crippen molar-refractivity contribution in [3.8, 4) is 11.5 Å². The molecule has 4 rings (SSSR count). The monoisotopic (exact) mass is 544 g/mol. The highest BCUT2D eigenvalue weighted by molar-refractivity contribution is 7.99. The van der Waals surface area contributed by atoms with Crippen molar-refractivity contribution in [2.45, 2.75) is 43.1 Å². The predicted octanol–water partition coefficient (Wildman–Crippen LogP) is 5.98. The predicted molar refractivity (Wildman–Crippen MR) is 151 cm³/mol. The van der Waals surface area contributed by atoms with Crippen molar-refractivity contribution >= 4 is 34.3 Å². The van der Waals surface area contributed by atoms with Crippen LogP contribution in [-0.4, -0.2) is 66.3 Å². The number of halogens is 1. The van der Waals surface area contributed by atoms with E-state index in [2.05, 4.69) is 22.0 Å². The number of rotatable bonds is 12. The minimum Gasteiger partial charge on any atom is -0.497 e. The summed E-state index contributed by atoms with van der Waals surface area (Å²) in [6, 6.07) is 13.8.